The second-order valence-corrected chi connectivity index (χ2v) is 14.4. The van der Waals surface area contributed by atoms with E-state index in [0.29, 0.717) is 13.1 Å². The third-order valence-electron chi connectivity index (χ3n) is 9.10. The first-order valence-electron chi connectivity index (χ1n) is 19.6. The molecule has 0 aromatic carbocycles. The minimum absolute atomic E-state index is 0.521. The summed E-state index contributed by atoms with van der Waals surface area (Å²) in [6, 6.07) is 0. The van der Waals surface area contributed by atoms with Crippen LogP contribution in [0.4, 0.5) is 0 Å². The van der Waals surface area contributed by atoms with E-state index >= 15 is 0 Å². The molecule has 0 rings (SSSR count). The Morgan fingerprint density at radius 1 is 0.318 bits per heavy atom. The Kier molecular flexibility index (Phi) is 35.2. The lowest BCUT2D eigenvalue weighted by molar-refractivity contribution is -0.145. The molecule has 44 heavy (non-hydrogen) atoms. The molecule has 0 radical (unpaired) electrons. The Hall–Kier alpha value is -0.360. The molecule has 0 heterocycles. The quantitative estimate of drug-likeness (QED) is 0.0411. The molecule has 6 heteroatoms. The highest BCUT2D eigenvalue weighted by Gasteiger charge is 2.23. The van der Waals surface area contributed by atoms with E-state index in [1.54, 1.807) is 0 Å². The first-order valence-corrected chi connectivity index (χ1v) is 20.4. The Morgan fingerprint density at radius 2 is 0.477 bits per heavy atom. The van der Waals surface area contributed by atoms with Crippen molar-refractivity contribution < 1.29 is 9.59 Å². The van der Waals surface area contributed by atoms with Crippen molar-refractivity contribution in [2.75, 3.05) is 13.1 Å². The number of rotatable bonds is 34. The largest absolute Gasteiger partial charge is 0.322 e. The van der Waals surface area contributed by atoms with E-state index in [-0.39, 0.29) is 0 Å². The van der Waals surface area contributed by atoms with E-state index in [0.717, 1.165) is 25.7 Å². The van der Waals surface area contributed by atoms with Gasteiger partial charge in [0.25, 0.3) is 0 Å². The van der Waals surface area contributed by atoms with Gasteiger partial charge in [-0.3, -0.25) is 18.2 Å². The molecule has 0 N–H and O–H groups in total. The van der Waals surface area contributed by atoms with Crippen LogP contribution in [-0.4, -0.2) is 33.5 Å². The normalized spacial score (nSPS) is 11.3. The summed E-state index contributed by atoms with van der Waals surface area (Å²) in [5.74, 6) is -1.11. The zero-order valence-electron chi connectivity index (χ0n) is 29.6. The Labute approximate surface area is 287 Å². The van der Waals surface area contributed by atoms with Gasteiger partial charge in [-0.25, -0.2) is 0 Å². The van der Waals surface area contributed by atoms with E-state index in [9.17, 15) is 9.59 Å². The van der Waals surface area contributed by atoms with Gasteiger partial charge in [0, 0.05) is 13.1 Å². The van der Waals surface area contributed by atoms with Crippen LogP contribution in [-0.2, 0) is 9.59 Å². The number of thiol groups is 2. The number of nitrogens with zero attached hydrogens (tertiary/aromatic N) is 2. The Bertz CT molecular complexity index is 568. The van der Waals surface area contributed by atoms with Crippen LogP contribution in [0.15, 0.2) is 0 Å². The molecule has 2 amide bonds. The molecule has 0 spiro atoms. The second kappa shape index (κ2) is 35.5. The van der Waals surface area contributed by atoms with Crippen LogP contribution < -0.4 is 0 Å². The van der Waals surface area contributed by atoms with Gasteiger partial charge in [-0.05, 0) is 12.8 Å². The van der Waals surface area contributed by atoms with Crippen molar-refractivity contribution in [1.82, 2.24) is 8.61 Å². The van der Waals surface area contributed by atoms with Crippen molar-refractivity contribution in [1.29, 1.82) is 0 Å². The van der Waals surface area contributed by atoms with E-state index in [4.69, 9.17) is 0 Å². The van der Waals surface area contributed by atoms with Crippen molar-refractivity contribution in [3.8, 4) is 0 Å². The molecule has 0 aromatic heterocycles. The molecule has 0 aromatic rings. The van der Waals surface area contributed by atoms with Gasteiger partial charge in [0.05, 0.1) is 0 Å². The highest BCUT2D eigenvalue weighted by molar-refractivity contribution is 7.79. The van der Waals surface area contributed by atoms with E-state index < -0.39 is 11.8 Å². The average molecular weight is 657 g/mol. The predicted molar refractivity (Wildman–Crippen MR) is 200 cm³/mol. The molecule has 0 saturated carbocycles. The third kappa shape index (κ3) is 30.3. The van der Waals surface area contributed by atoms with Gasteiger partial charge in [0.15, 0.2) is 0 Å². The fraction of sp³-hybridized carbons (Fsp3) is 0.947. The summed E-state index contributed by atoms with van der Waals surface area (Å²) in [7, 11) is 0. The molecule has 0 unspecified atom stereocenters. The maximum atomic E-state index is 12.5. The van der Waals surface area contributed by atoms with Crippen LogP contribution in [0.3, 0.4) is 0 Å². The molecule has 0 fully saturated rings. The van der Waals surface area contributed by atoms with Crippen LogP contribution in [0.1, 0.15) is 219 Å². The number of carbonyl (C=O) groups is 2. The maximum Gasteiger partial charge on any atom is 0.322 e. The van der Waals surface area contributed by atoms with Crippen molar-refractivity contribution in [3.63, 3.8) is 0 Å². The first-order chi connectivity index (χ1) is 21.5. The van der Waals surface area contributed by atoms with Gasteiger partial charge in [0.2, 0.25) is 0 Å². The summed E-state index contributed by atoms with van der Waals surface area (Å²) in [6.45, 7) is 5.60. The molecule has 4 nitrogen and oxygen atoms in total. The van der Waals surface area contributed by atoms with Crippen molar-refractivity contribution in [2.45, 2.75) is 219 Å². The standard InChI is InChI=1S/C38H76N2O2S2/c1-3-5-7-9-11-13-15-17-19-21-23-25-27-29-31-33-35-39(43)37(41)38(42)40(44)36-34-32-30-28-26-24-22-20-18-16-14-12-10-8-6-4-2/h43-44H,3-36H2,1-2H3. The fourth-order valence-electron chi connectivity index (χ4n) is 6.04. The van der Waals surface area contributed by atoms with E-state index in [1.807, 2.05) is 0 Å². The third-order valence-corrected chi connectivity index (χ3v) is 9.86. The monoisotopic (exact) mass is 657 g/mol. The molecule has 0 saturated heterocycles. The van der Waals surface area contributed by atoms with Gasteiger partial charge in [0.1, 0.15) is 0 Å². The fourth-order valence-corrected chi connectivity index (χ4v) is 6.50. The van der Waals surface area contributed by atoms with Crippen LogP contribution >= 0.6 is 25.6 Å². The summed E-state index contributed by atoms with van der Waals surface area (Å²) in [6.07, 6.45) is 42.2. The molecule has 0 aliphatic rings. The highest BCUT2D eigenvalue weighted by Crippen LogP contribution is 2.16. The smallest absolute Gasteiger partial charge is 0.281 e. The summed E-state index contributed by atoms with van der Waals surface area (Å²) in [5, 5.41) is 0. The summed E-state index contributed by atoms with van der Waals surface area (Å²) >= 11 is 8.58. The Morgan fingerprint density at radius 3 is 0.659 bits per heavy atom. The predicted octanol–water partition coefficient (Wildman–Crippen LogP) is 12.9. The van der Waals surface area contributed by atoms with Gasteiger partial charge >= 0.3 is 11.8 Å². The summed E-state index contributed by atoms with van der Waals surface area (Å²) < 4.78 is 2.56. The molecule has 0 atom stereocenters. The highest BCUT2D eigenvalue weighted by atomic mass is 32.1. The second-order valence-electron chi connectivity index (χ2n) is 13.5. The van der Waals surface area contributed by atoms with Gasteiger partial charge in [-0.1, -0.05) is 232 Å². The van der Waals surface area contributed by atoms with Crippen molar-refractivity contribution in [2.24, 2.45) is 0 Å². The van der Waals surface area contributed by atoms with Gasteiger partial charge in [-0.2, -0.15) is 0 Å². The van der Waals surface area contributed by atoms with Crippen LogP contribution in [0.25, 0.3) is 0 Å². The van der Waals surface area contributed by atoms with Crippen LogP contribution in [0.5, 0.6) is 0 Å². The lowest BCUT2D eigenvalue weighted by atomic mass is 10.0. The molecular formula is C38H76N2O2S2. The van der Waals surface area contributed by atoms with Crippen LogP contribution in [0.2, 0.25) is 0 Å². The SMILES string of the molecule is CCCCCCCCCCCCCCCCCCN(S)C(=O)C(=O)N(S)CCCCCCCCCCCCCCCCCC. The Balaban J connectivity index is 3.51. The lowest BCUT2D eigenvalue weighted by Crippen LogP contribution is -2.38. The summed E-state index contributed by atoms with van der Waals surface area (Å²) in [4.78, 5) is 24.9. The van der Waals surface area contributed by atoms with Crippen molar-refractivity contribution >= 4 is 37.4 Å². The van der Waals surface area contributed by atoms with E-state index in [1.165, 1.54) is 188 Å². The first kappa shape index (κ1) is 43.6. The number of hydrogen-bond donors (Lipinski definition) is 2. The average Bonchev–Trinajstić information content (AvgIpc) is 3.03. The molecule has 0 aliphatic heterocycles. The molecule has 262 valence electrons. The number of unbranched alkanes of at least 4 members (excludes halogenated alkanes) is 30. The van der Waals surface area contributed by atoms with Crippen LogP contribution in [0, 0.1) is 0 Å². The number of hydrogen-bond acceptors (Lipinski definition) is 4. The summed E-state index contributed by atoms with van der Waals surface area (Å²) in [5.41, 5.74) is 0. The molecule has 0 bridgehead atoms. The maximum absolute atomic E-state index is 12.5. The zero-order chi connectivity index (χ0) is 32.4. The van der Waals surface area contributed by atoms with Gasteiger partial charge < -0.3 is 0 Å². The zero-order valence-corrected chi connectivity index (χ0v) is 31.4. The lowest BCUT2D eigenvalue weighted by Gasteiger charge is -2.19. The molecular weight excluding hydrogens is 581 g/mol. The molecule has 0 aliphatic carbocycles. The van der Waals surface area contributed by atoms with Crippen molar-refractivity contribution in [3.05, 3.63) is 0 Å². The van der Waals surface area contributed by atoms with Gasteiger partial charge in [-0.15, -0.1) is 0 Å². The minimum Gasteiger partial charge on any atom is -0.281 e. The number of carbonyl (C=O) groups excluding carboxylic acids is 2. The number of amides is 2. The minimum atomic E-state index is -0.555. The topological polar surface area (TPSA) is 40.6 Å². The van der Waals surface area contributed by atoms with E-state index in [2.05, 4.69) is 39.5 Å².